The van der Waals surface area contributed by atoms with E-state index >= 15 is 0 Å². The zero-order valence-corrected chi connectivity index (χ0v) is 27.9. The summed E-state index contributed by atoms with van der Waals surface area (Å²) in [5, 5.41) is 25.5. The fourth-order valence-electron chi connectivity index (χ4n) is 6.54. The predicted octanol–water partition coefficient (Wildman–Crippen LogP) is 4.80. The molecule has 3 N–H and O–H groups in total. The lowest BCUT2D eigenvalue weighted by atomic mass is 10.0. The van der Waals surface area contributed by atoms with E-state index < -0.39 is 53.1 Å². The van der Waals surface area contributed by atoms with Gasteiger partial charge in [0, 0.05) is 24.4 Å². The highest BCUT2D eigenvalue weighted by Crippen LogP contribution is 2.45. The van der Waals surface area contributed by atoms with Crippen molar-refractivity contribution in [3.8, 4) is 11.3 Å². The summed E-state index contributed by atoms with van der Waals surface area (Å²) in [6, 6.07) is 7.46. The largest absolute Gasteiger partial charge is 0.479 e. The highest BCUT2D eigenvalue weighted by Gasteiger charge is 2.61. The molecule has 254 valence electrons. The average Bonchev–Trinajstić information content (AvgIpc) is 3.34. The number of nitrogens with zero attached hydrogens (tertiary/aromatic N) is 4. The number of carbonyl (C=O) groups is 4. The van der Waals surface area contributed by atoms with Crippen molar-refractivity contribution < 1.29 is 29.0 Å². The first kappa shape index (κ1) is 34.1. The van der Waals surface area contributed by atoms with Gasteiger partial charge in [0.05, 0.1) is 11.7 Å². The number of rotatable bonds is 7. The molecule has 2 fully saturated rings. The van der Waals surface area contributed by atoms with Crippen LogP contribution in [0.3, 0.4) is 0 Å². The fourth-order valence-corrected chi connectivity index (χ4v) is 6.54. The molecular weight excluding hydrogens is 600 g/mol. The molecule has 2 aliphatic heterocycles. The number of carboxylic acid groups (broad SMARTS) is 1. The number of benzene rings is 1. The molecule has 3 heterocycles. The predicted molar refractivity (Wildman–Crippen MR) is 175 cm³/mol. The van der Waals surface area contributed by atoms with Crippen LogP contribution < -0.4 is 10.6 Å². The Morgan fingerprint density at radius 2 is 1.89 bits per heavy atom. The molecule has 3 aliphatic rings. The van der Waals surface area contributed by atoms with Crippen LogP contribution in [-0.2, 0) is 25.5 Å². The highest BCUT2D eigenvalue weighted by molar-refractivity contribution is 5.96. The van der Waals surface area contributed by atoms with Gasteiger partial charge in [-0.3, -0.25) is 9.59 Å². The number of fused-ring (bicyclic) bond motifs is 2. The topological polar surface area (TPSA) is 156 Å². The number of amides is 3. The summed E-state index contributed by atoms with van der Waals surface area (Å²) < 4.78 is 5.49. The third kappa shape index (κ3) is 8.02. The van der Waals surface area contributed by atoms with Gasteiger partial charge in [0.2, 0.25) is 11.8 Å². The summed E-state index contributed by atoms with van der Waals surface area (Å²) in [7, 11) is 0. The van der Waals surface area contributed by atoms with E-state index in [1.165, 1.54) is 4.90 Å². The molecule has 0 bridgehead atoms. The van der Waals surface area contributed by atoms with Gasteiger partial charge < -0.3 is 25.4 Å². The lowest BCUT2D eigenvalue weighted by Gasteiger charge is -2.30. The molecule has 1 saturated carbocycles. The summed E-state index contributed by atoms with van der Waals surface area (Å²) in [4.78, 5) is 56.7. The number of unbranched alkanes of at least 4 members (excludes halogenated alkanes) is 1. The molecule has 12 nitrogen and oxygen atoms in total. The van der Waals surface area contributed by atoms with Crippen LogP contribution in [-0.4, -0.2) is 78.6 Å². The molecular formula is C35H48N6O6. The molecule has 1 aliphatic carbocycles. The van der Waals surface area contributed by atoms with Crippen LogP contribution in [0.2, 0.25) is 0 Å². The summed E-state index contributed by atoms with van der Waals surface area (Å²) in [5.74, 6) is -2.36. The number of nitrogens with one attached hydrogen (secondary N) is 2. The smallest absolute Gasteiger partial charge is 0.408 e. The Balaban J connectivity index is 1.48. The molecule has 0 unspecified atom stereocenters. The summed E-state index contributed by atoms with van der Waals surface area (Å²) >= 11 is 0. The van der Waals surface area contributed by atoms with Crippen LogP contribution in [0.1, 0.15) is 97.2 Å². The van der Waals surface area contributed by atoms with Crippen molar-refractivity contribution in [3.05, 3.63) is 48.2 Å². The molecule has 47 heavy (non-hydrogen) atoms. The number of allylic oxidation sites excluding steroid dienone is 1. The number of aryl methyl sites for hydroxylation is 1. The summed E-state index contributed by atoms with van der Waals surface area (Å²) in [5.41, 5.74) is 0.377. The molecule has 5 atom stereocenters. The van der Waals surface area contributed by atoms with Crippen LogP contribution in [0.15, 0.2) is 42.5 Å². The molecule has 3 amide bonds. The minimum absolute atomic E-state index is 0.128. The second-order valence-electron chi connectivity index (χ2n) is 14.0. The third-order valence-electron chi connectivity index (χ3n) is 9.17. The molecule has 0 spiro atoms. The maximum atomic E-state index is 14.3. The average molecular weight is 649 g/mol. The van der Waals surface area contributed by atoms with E-state index in [9.17, 15) is 24.3 Å². The van der Waals surface area contributed by atoms with Gasteiger partial charge in [-0.25, -0.2) is 9.59 Å². The zero-order chi connectivity index (χ0) is 33.8. The monoisotopic (exact) mass is 648 g/mol. The fraction of sp³-hybridized carbons (Fsp3) is 0.600. The van der Waals surface area contributed by atoms with Crippen molar-refractivity contribution in [3.63, 3.8) is 0 Å². The SMILES string of the molecule is CCCCc1nn([C@H]2C[C@H]3C(=O)N[C@@]4(C(=O)O)C[C@H]4C=CCCCCC[C@@H](NC(=O)OC(C)(C)C)C(=O)N3C2)nc1-c1ccccc1. The van der Waals surface area contributed by atoms with Crippen molar-refractivity contribution in [1.82, 2.24) is 30.5 Å². The van der Waals surface area contributed by atoms with Crippen LogP contribution in [0.5, 0.6) is 0 Å². The van der Waals surface area contributed by atoms with E-state index in [-0.39, 0.29) is 18.9 Å². The van der Waals surface area contributed by atoms with Crippen molar-refractivity contribution in [1.29, 1.82) is 0 Å². The molecule has 1 aromatic carbocycles. The lowest BCUT2D eigenvalue weighted by Crippen LogP contribution is -2.56. The Morgan fingerprint density at radius 1 is 1.13 bits per heavy atom. The van der Waals surface area contributed by atoms with Crippen molar-refractivity contribution in [2.45, 2.75) is 121 Å². The minimum atomic E-state index is -1.41. The first-order valence-corrected chi connectivity index (χ1v) is 16.9. The van der Waals surface area contributed by atoms with Gasteiger partial charge in [-0.15, -0.1) is 0 Å². The van der Waals surface area contributed by atoms with E-state index in [1.807, 2.05) is 42.5 Å². The van der Waals surface area contributed by atoms with Crippen LogP contribution in [0.4, 0.5) is 4.79 Å². The second kappa shape index (κ2) is 14.3. The highest BCUT2D eigenvalue weighted by atomic mass is 16.6. The molecule has 1 aromatic heterocycles. The number of aliphatic carboxylic acids is 1. The number of hydrogen-bond acceptors (Lipinski definition) is 7. The maximum Gasteiger partial charge on any atom is 0.408 e. The van der Waals surface area contributed by atoms with Gasteiger partial charge in [-0.1, -0.05) is 68.7 Å². The summed E-state index contributed by atoms with van der Waals surface area (Å²) in [6.07, 6.45) is 9.79. The number of carboxylic acids is 1. The van der Waals surface area contributed by atoms with Gasteiger partial charge in [0.1, 0.15) is 28.9 Å². The van der Waals surface area contributed by atoms with Gasteiger partial charge in [-0.05, 0) is 59.3 Å². The second-order valence-corrected chi connectivity index (χ2v) is 14.0. The normalized spacial score (nSPS) is 26.8. The maximum absolute atomic E-state index is 14.3. The first-order chi connectivity index (χ1) is 22.4. The van der Waals surface area contributed by atoms with Gasteiger partial charge in [-0.2, -0.15) is 15.0 Å². The first-order valence-electron chi connectivity index (χ1n) is 16.9. The lowest BCUT2D eigenvalue weighted by molar-refractivity contribution is -0.145. The van der Waals surface area contributed by atoms with Gasteiger partial charge >= 0.3 is 12.1 Å². The third-order valence-corrected chi connectivity index (χ3v) is 9.17. The number of carbonyl (C=O) groups excluding carboxylic acids is 3. The van der Waals surface area contributed by atoms with E-state index in [0.717, 1.165) is 55.5 Å². The summed E-state index contributed by atoms with van der Waals surface area (Å²) in [6.45, 7) is 7.50. The molecule has 5 rings (SSSR count). The minimum Gasteiger partial charge on any atom is -0.479 e. The standard InChI is InChI=1S/C35H48N6O6/c1-5-6-18-26-29(23-15-11-10-12-16-23)39-41(38-26)25-20-28-30(42)37-35(32(44)45)21-24(35)17-13-8-7-9-14-19-27(31(43)40(28)22-25)36-33(46)47-34(2,3)4/h10-13,15-17,24-25,27-28H,5-9,14,18-22H2,1-4H3,(H,36,46)(H,37,42)(H,44,45)/t24-,25+,27-,28+,35+/m1/s1. The van der Waals surface area contributed by atoms with Crippen molar-refractivity contribution in [2.24, 2.45) is 5.92 Å². The number of ether oxygens (including phenoxy) is 1. The van der Waals surface area contributed by atoms with Gasteiger partial charge in [0.25, 0.3) is 0 Å². The van der Waals surface area contributed by atoms with E-state index in [0.29, 0.717) is 19.3 Å². The van der Waals surface area contributed by atoms with Gasteiger partial charge in [0.15, 0.2) is 0 Å². The molecule has 12 heteroatoms. The molecule has 0 radical (unpaired) electrons. The van der Waals surface area contributed by atoms with E-state index in [2.05, 4.69) is 17.6 Å². The molecule has 1 saturated heterocycles. The van der Waals surface area contributed by atoms with Crippen LogP contribution >= 0.6 is 0 Å². The number of aromatic nitrogens is 3. The van der Waals surface area contributed by atoms with E-state index in [4.69, 9.17) is 14.9 Å². The Morgan fingerprint density at radius 3 is 2.60 bits per heavy atom. The van der Waals surface area contributed by atoms with Crippen molar-refractivity contribution >= 4 is 23.9 Å². The Bertz CT molecular complexity index is 1480. The van der Waals surface area contributed by atoms with Crippen LogP contribution in [0, 0.1) is 5.92 Å². The number of alkyl carbamates (subject to hydrolysis) is 1. The number of hydrogen-bond donors (Lipinski definition) is 3. The Labute approximate surface area is 276 Å². The quantitative estimate of drug-likeness (QED) is 0.362. The zero-order valence-electron chi connectivity index (χ0n) is 27.9. The van der Waals surface area contributed by atoms with E-state index in [1.54, 1.807) is 25.6 Å². The Kier molecular flexibility index (Phi) is 10.4. The van der Waals surface area contributed by atoms with Crippen molar-refractivity contribution in [2.75, 3.05) is 6.54 Å². The van der Waals surface area contributed by atoms with Crippen LogP contribution in [0.25, 0.3) is 11.3 Å². The Hall–Kier alpha value is -4.22. The molecule has 2 aromatic rings.